The molecule has 0 saturated heterocycles. The van der Waals surface area contributed by atoms with Crippen molar-refractivity contribution in [1.82, 2.24) is 0 Å². The van der Waals surface area contributed by atoms with Gasteiger partial charge in [-0.1, -0.05) is 81.9 Å². The summed E-state index contributed by atoms with van der Waals surface area (Å²) in [5.74, 6) is 4.78. The highest BCUT2D eigenvalue weighted by molar-refractivity contribution is 5.84. The summed E-state index contributed by atoms with van der Waals surface area (Å²) in [7, 11) is 0. The number of ether oxygens (including phenoxy) is 1. The number of rotatable bonds is 9. The Morgan fingerprint density at radius 2 is 1.50 bits per heavy atom. The molecule has 174 valence electrons. The van der Waals surface area contributed by atoms with E-state index in [-0.39, 0.29) is 0 Å². The van der Waals surface area contributed by atoms with Gasteiger partial charge in [0.2, 0.25) is 0 Å². The zero-order valence-corrected chi connectivity index (χ0v) is 20.5. The van der Waals surface area contributed by atoms with Crippen LogP contribution in [0.5, 0.6) is 5.75 Å². The normalized spacial score (nSPS) is 26.6. The fourth-order valence-electron chi connectivity index (χ4n) is 6.38. The lowest BCUT2D eigenvalue weighted by molar-refractivity contribution is 0.155. The van der Waals surface area contributed by atoms with Gasteiger partial charge in [0, 0.05) is 0 Å². The summed E-state index contributed by atoms with van der Waals surface area (Å²) in [6.07, 6.45) is 21.6. The second-order valence-corrected chi connectivity index (χ2v) is 10.5. The van der Waals surface area contributed by atoms with Gasteiger partial charge < -0.3 is 4.74 Å². The Kier molecular flexibility index (Phi) is 8.71. The van der Waals surface area contributed by atoms with Gasteiger partial charge in [0.15, 0.2) is 0 Å². The van der Waals surface area contributed by atoms with E-state index in [1.807, 2.05) is 19.1 Å². The molecule has 0 spiro atoms. The van der Waals surface area contributed by atoms with E-state index in [4.69, 9.17) is 4.74 Å². The molecular weight excluding hydrogens is 388 g/mol. The van der Waals surface area contributed by atoms with Crippen molar-refractivity contribution in [1.29, 1.82) is 0 Å². The van der Waals surface area contributed by atoms with E-state index in [0.29, 0.717) is 6.61 Å². The first kappa shape index (κ1) is 23.4. The molecule has 32 heavy (non-hydrogen) atoms. The molecule has 0 radical (unpaired) electrons. The molecule has 1 nitrogen and oxygen atoms in total. The van der Waals surface area contributed by atoms with Crippen molar-refractivity contribution in [2.75, 3.05) is 6.61 Å². The van der Waals surface area contributed by atoms with Crippen LogP contribution in [0.4, 0.5) is 0 Å². The molecule has 2 aliphatic carbocycles. The topological polar surface area (TPSA) is 9.23 Å². The Morgan fingerprint density at radius 1 is 0.812 bits per heavy atom. The van der Waals surface area contributed by atoms with Crippen LogP contribution in [0.3, 0.4) is 0 Å². The van der Waals surface area contributed by atoms with Crippen LogP contribution in [-0.4, -0.2) is 6.61 Å². The summed E-state index contributed by atoms with van der Waals surface area (Å²) in [5.41, 5.74) is 1.55. The largest absolute Gasteiger partial charge is 0.490 e. The zero-order chi connectivity index (χ0) is 22.2. The minimum atomic E-state index is 0.643. The summed E-state index contributed by atoms with van der Waals surface area (Å²) in [5, 5.41) is 2.64. The molecule has 2 aliphatic rings. The molecule has 2 fully saturated rings. The van der Waals surface area contributed by atoms with E-state index in [1.54, 1.807) is 5.56 Å². The van der Waals surface area contributed by atoms with E-state index in [9.17, 15) is 0 Å². The molecule has 0 aliphatic heterocycles. The minimum absolute atomic E-state index is 0.643. The van der Waals surface area contributed by atoms with Crippen LogP contribution >= 0.6 is 0 Å². The first-order valence-electron chi connectivity index (χ1n) is 13.5. The molecule has 2 aromatic carbocycles. The van der Waals surface area contributed by atoms with Gasteiger partial charge in [-0.15, -0.1) is 0 Å². The van der Waals surface area contributed by atoms with Crippen molar-refractivity contribution >= 4 is 10.8 Å². The fraction of sp³-hybridized carbons (Fsp3) is 0.613. The van der Waals surface area contributed by atoms with Gasteiger partial charge in [-0.25, -0.2) is 0 Å². The van der Waals surface area contributed by atoms with Crippen LogP contribution < -0.4 is 4.74 Å². The third-order valence-electron chi connectivity index (χ3n) is 8.43. The zero-order valence-electron chi connectivity index (χ0n) is 20.5. The summed E-state index contributed by atoms with van der Waals surface area (Å²) >= 11 is 0. The molecule has 0 atom stereocenters. The first-order valence-corrected chi connectivity index (χ1v) is 13.5. The number of unbranched alkanes of at least 4 members (excludes halogenated alkanes) is 2. The second-order valence-electron chi connectivity index (χ2n) is 10.5. The van der Waals surface area contributed by atoms with Gasteiger partial charge >= 0.3 is 0 Å². The van der Waals surface area contributed by atoms with Gasteiger partial charge in [-0.05, 0) is 97.6 Å². The molecular formula is C31H44O. The lowest BCUT2D eigenvalue weighted by atomic mass is 9.68. The van der Waals surface area contributed by atoms with E-state index in [1.165, 1.54) is 87.8 Å². The maximum Gasteiger partial charge on any atom is 0.120 e. The Balaban J connectivity index is 1.27. The molecule has 2 aromatic rings. The lowest BCUT2D eigenvalue weighted by Crippen LogP contribution is -2.25. The van der Waals surface area contributed by atoms with Gasteiger partial charge in [0.25, 0.3) is 0 Å². The molecule has 0 unspecified atom stereocenters. The Bertz CT molecular complexity index is 850. The molecule has 1 heteroatoms. The molecule has 4 rings (SSSR count). The number of hydrogen-bond acceptors (Lipinski definition) is 1. The van der Waals surface area contributed by atoms with E-state index < -0.39 is 0 Å². The van der Waals surface area contributed by atoms with Crippen LogP contribution in [0.1, 0.15) is 102 Å². The quantitative estimate of drug-likeness (QED) is 0.283. The van der Waals surface area contributed by atoms with Crippen LogP contribution in [0, 0.1) is 17.8 Å². The SMILES string of the molecule is CC=CCOc1ccc2cc(C3CCC(C4CCC(CCCCC)CC4)CC3)ccc2c1. The minimum Gasteiger partial charge on any atom is -0.490 e. The van der Waals surface area contributed by atoms with Gasteiger partial charge in [0.05, 0.1) is 0 Å². The van der Waals surface area contributed by atoms with E-state index in [0.717, 1.165) is 29.4 Å². The van der Waals surface area contributed by atoms with Crippen LogP contribution in [-0.2, 0) is 0 Å². The Morgan fingerprint density at radius 3 is 2.22 bits per heavy atom. The highest BCUT2D eigenvalue weighted by Crippen LogP contribution is 2.44. The molecule has 0 bridgehead atoms. The maximum atomic E-state index is 5.81. The summed E-state index contributed by atoms with van der Waals surface area (Å²) < 4.78 is 5.81. The predicted octanol–water partition coefficient (Wildman–Crippen LogP) is 9.46. The van der Waals surface area contributed by atoms with Crippen LogP contribution in [0.25, 0.3) is 10.8 Å². The average Bonchev–Trinajstić information content (AvgIpc) is 2.85. The predicted molar refractivity (Wildman–Crippen MR) is 139 cm³/mol. The smallest absolute Gasteiger partial charge is 0.120 e. The van der Waals surface area contributed by atoms with Gasteiger partial charge in [-0.3, -0.25) is 0 Å². The molecule has 0 amide bonds. The van der Waals surface area contributed by atoms with Crippen molar-refractivity contribution in [3.63, 3.8) is 0 Å². The lowest BCUT2D eigenvalue weighted by Gasteiger charge is -2.38. The first-order chi connectivity index (χ1) is 15.8. The third-order valence-corrected chi connectivity index (χ3v) is 8.43. The Labute approximate surface area is 196 Å². The maximum absolute atomic E-state index is 5.81. The second kappa shape index (κ2) is 11.9. The van der Waals surface area contributed by atoms with E-state index in [2.05, 4.69) is 43.3 Å². The van der Waals surface area contributed by atoms with Gasteiger partial charge in [-0.2, -0.15) is 0 Å². The van der Waals surface area contributed by atoms with Crippen molar-refractivity contribution < 1.29 is 4.74 Å². The fourth-order valence-corrected chi connectivity index (χ4v) is 6.38. The van der Waals surface area contributed by atoms with Gasteiger partial charge in [0.1, 0.15) is 12.4 Å². The number of hydrogen-bond donors (Lipinski definition) is 0. The molecule has 0 aromatic heterocycles. The van der Waals surface area contributed by atoms with Crippen molar-refractivity contribution in [2.45, 2.75) is 96.8 Å². The third kappa shape index (κ3) is 6.18. The molecule has 2 saturated carbocycles. The molecule has 0 N–H and O–H groups in total. The highest BCUT2D eigenvalue weighted by Gasteiger charge is 2.31. The van der Waals surface area contributed by atoms with Crippen molar-refractivity contribution in [3.05, 3.63) is 54.1 Å². The van der Waals surface area contributed by atoms with Crippen molar-refractivity contribution in [2.24, 2.45) is 17.8 Å². The summed E-state index contributed by atoms with van der Waals surface area (Å²) in [6, 6.07) is 13.7. The monoisotopic (exact) mass is 432 g/mol. The summed E-state index contributed by atoms with van der Waals surface area (Å²) in [6.45, 7) is 4.99. The standard InChI is InChI=1S/C31H44O/c1-3-5-7-8-24-9-11-25(12-10-24)26-13-15-27(16-14-26)28-17-18-30-23-31(32-21-6-4-2)20-19-29(30)22-28/h4,6,17-20,22-27H,3,5,7-16,21H2,1-2H3. The molecule has 0 heterocycles. The highest BCUT2D eigenvalue weighted by atomic mass is 16.5. The van der Waals surface area contributed by atoms with E-state index >= 15 is 0 Å². The van der Waals surface area contributed by atoms with Crippen LogP contribution in [0.15, 0.2) is 48.6 Å². The van der Waals surface area contributed by atoms with Crippen molar-refractivity contribution in [3.8, 4) is 5.75 Å². The number of allylic oxidation sites excluding steroid dienone is 1. The summed E-state index contributed by atoms with van der Waals surface area (Å²) in [4.78, 5) is 0. The number of benzene rings is 2. The number of fused-ring (bicyclic) bond motifs is 1. The van der Waals surface area contributed by atoms with Crippen LogP contribution in [0.2, 0.25) is 0 Å². The Hall–Kier alpha value is -1.76. The average molecular weight is 433 g/mol.